The van der Waals surface area contributed by atoms with Crippen molar-refractivity contribution in [1.82, 2.24) is 5.32 Å². The van der Waals surface area contributed by atoms with Crippen LogP contribution in [-0.2, 0) is 9.53 Å². The molecule has 1 aromatic carbocycles. The standard InChI is InChI=1S/C13H18FNO3/c1-4-18-13(17)9(3)15-8(2)11-7-10(14)5-6-12(11)16/h5-9,15-16H,4H2,1-3H3. The van der Waals surface area contributed by atoms with Crippen molar-refractivity contribution in [3.8, 4) is 5.75 Å². The van der Waals surface area contributed by atoms with Gasteiger partial charge in [0.15, 0.2) is 0 Å². The van der Waals surface area contributed by atoms with Crippen LogP contribution >= 0.6 is 0 Å². The molecule has 1 aromatic rings. The number of benzene rings is 1. The molecule has 0 saturated carbocycles. The van der Waals surface area contributed by atoms with E-state index in [1.807, 2.05) is 0 Å². The average molecular weight is 255 g/mol. The molecule has 0 heterocycles. The highest BCUT2D eigenvalue weighted by Crippen LogP contribution is 2.24. The summed E-state index contributed by atoms with van der Waals surface area (Å²) in [5.41, 5.74) is 0.408. The van der Waals surface area contributed by atoms with Crippen molar-refractivity contribution in [2.45, 2.75) is 32.9 Å². The van der Waals surface area contributed by atoms with Crippen LogP contribution in [0.5, 0.6) is 5.75 Å². The van der Waals surface area contributed by atoms with E-state index in [1.165, 1.54) is 18.2 Å². The predicted molar refractivity (Wildman–Crippen MR) is 65.7 cm³/mol. The van der Waals surface area contributed by atoms with Crippen molar-refractivity contribution in [2.24, 2.45) is 0 Å². The molecule has 4 nitrogen and oxygen atoms in total. The van der Waals surface area contributed by atoms with Crippen LogP contribution in [0.1, 0.15) is 32.4 Å². The summed E-state index contributed by atoms with van der Waals surface area (Å²) >= 11 is 0. The average Bonchev–Trinajstić information content (AvgIpc) is 2.32. The van der Waals surface area contributed by atoms with E-state index in [1.54, 1.807) is 20.8 Å². The van der Waals surface area contributed by atoms with Gasteiger partial charge < -0.3 is 9.84 Å². The fraction of sp³-hybridized carbons (Fsp3) is 0.462. The van der Waals surface area contributed by atoms with Crippen molar-refractivity contribution in [1.29, 1.82) is 0 Å². The van der Waals surface area contributed by atoms with Crippen LogP contribution in [0.3, 0.4) is 0 Å². The summed E-state index contributed by atoms with van der Waals surface area (Å²) in [5.74, 6) is -0.812. The Bertz CT molecular complexity index is 423. The Morgan fingerprint density at radius 1 is 1.50 bits per heavy atom. The number of aromatic hydroxyl groups is 1. The fourth-order valence-corrected chi connectivity index (χ4v) is 1.67. The van der Waals surface area contributed by atoms with Gasteiger partial charge >= 0.3 is 5.97 Å². The lowest BCUT2D eigenvalue weighted by Gasteiger charge is -2.19. The minimum atomic E-state index is -0.525. The van der Waals surface area contributed by atoms with Gasteiger partial charge in [-0.25, -0.2) is 4.39 Å². The molecule has 0 radical (unpaired) electrons. The van der Waals surface area contributed by atoms with E-state index < -0.39 is 11.9 Å². The highest BCUT2D eigenvalue weighted by molar-refractivity contribution is 5.75. The summed E-state index contributed by atoms with van der Waals surface area (Å²) in [6.07, 6.45) is 0. The number of halogens is 1. The van der Waals surface area contributed by atoms with E-state index in [4.69, 9.17) is 4.74 Å². The van der Waals surface area contributed by atoms with Gasteiger partial charge in [-0.1, -0.05) is 0 Å². The molecule has 2 atom stereocenters. The zero-order valence-corrected chi connectivity index (χ0v) is 10.7. The number of esters is 1. The van der Waals surface area contributed by atoms with Gasteiger partial charge in [-0.2, -0.15) is 0 Å². The SMILES string of the molecule is CCOC(=O)C(C)NC(C)c1cc(F)ccc1O. The Hall–Kier alpha value is -1.62. The van der Waals surface area contributed by atoms with Crippen molar-refractivity contribution in [3.05, 3.63) is 29.6 Å². The Morgan fingerprint density at radius 3 is 2.78 bits per heavy atom. The first kappa shape index (κ1) is 14.4. The second kappa shape index (κ2) is 6.35. The Kier molecular flexibility index (Phi) is 5.09. The van der Waals surface area contributed by atoms with Crippen LogP contribution in [0, 0.1) is 5.82 Å². The minimum Gasteiger partial charge on any atom is -0.508 e. The monoisotopic (exact) mass is 255 g/mol. The predicted octanol–water partition coefficient (Wildman–Crippen LogP) is 2.13. The Balaban J connectivity index is 2.73. The van der Waals surface area contributed by atoms with Crippen LogP contribution < -0.4 is 5.32 Å². The van der Waals surface area contributed by atoms with Gasteiger partial charge in [0.05, 0.1) is 6.61 Å². The zero-order valence-electron chi connectivity index (χ0n) is 10.7. The van der Waals surface area contributed by atoms with Crippen molar-refractivity contribution in [2.75, 3.05) is 6.61 Å². The lowest BCUT2D eigenvalue weighted by atomic mass is 10.1. The van der Waals surface area contributed by atoms with Gasteiger partial charge in [-0.3, -0.25) is 10.1 Å². The highest BCUT2D eigenvalue weighted by Gasteiger charge is 2.19. The maximum Gasteiger partial charge on any atom is 0.322 e. The second-order valence-electron chi connectivity index (χ2n) is 4.07. The topological polar surface area (TPSA) is 58.6 Å². The molecule has 2 unspecified atom stereocenters. The van der Waals surface area contributed by atoms with Gasteiger partial charge in [0, 0.05) is 11.6 Å². The molecule has 0 fully saturated rings. The second-order valence-corrected chi connectivity index (χ2v) is 4.07. The van der Waals surface area contributed by atoms with Gasteiger partial charge in [0.2, 0.25) is 0 Å². The number of ether oxygens (including phenoxy) is 1. The number of rotatable bonds is 5. The molecule has 0 aliphatic heterocycles. The molecular formula is C13H18FNO3. The van der Waals surface area contributed by atoms with Gasteiger partial charge in [-0.15, -0.1) is 0 Å². The summed E-state index contributed by atoms with van der Waals surface area (Å²) in [6, 6.07) is 2.83. The fourth-order valence-electron chi connectivity index (χ4n) is 1.67. The van der Waals surface area contributed by atoms with Gasteiger partial charge in [0.1, 0.15) is 17.6 Å². The smallest absolute Gasteiger partial charge is 0.322 e. The quantitative estimate of drug-likeness (QED) is 0.791. The number of hydrogen-bond donors (Lipinski definition) is 2. The molecule has 0 bridgehead atoms. The molecular weight excluding hydrogens is 237 g/mol. The molecule has 18 heavy (non-hydrogen) atoms. The molecule has 0 amide bonds. The summed E-state index contributed by atoms with van der Waals surface area (Å²) in [4.78, 5) is 11.4. The van der Waals surface area contributed by atoms with Crippen LogP contribution in [0.25, 0.3) is 0 Å². The third-order valence-electron chi connectivity index (χ3n) is 2.60. The molecule has 2 N–H and O–H groups in total. The van der Waals surface area contributed by atoms with Crippen LogP contribution in [0.2, 0.25) is 0 Å². The summed E-state index contributed by atoms with van der Waals surface area (Å²) in [5, 5.41) is 12.6. The van der Waals surface area contributed by atoms with Crippen LogP contribution in [0.15, 0.2) is 18.2 Å². The lowest BCUT2D eigenvalue weighted by molar-refractivity contribution is -0.145. The first-order chi connectivity index (χ1) is 8.45. The Labute approximate surface area is 106 Å². The van der Waals surface area contributed by atoms with Crippen molar-refractivity contribution >= 4 is 5.97 Å². The molecule has 100 valence electrons. The molecule has 0 aliphatic carbocycles. The maximum atomic E-state index is 13.1. The number of hydrogen-bond acceptors (Lipinski definition) is 4. The third kappa shape index (κ3) is 3.70. The molecule has 0 spiro atoms. The lowest BCUT2D eigenvalue weighted by Crippen LogP contribution is -2.37. The molecule has 0 saturated heterocycles. The summed E-state index contributed by atoms with van der Waals surface area (Å²) in [7, 11) is 0. The number of phenolic OH excluding ortho intramolecular Hbond substituents is 1. The van der Waals surface area contributed by atoms with E-state index in [0.29, 0.717) is 12.2 Å². The number of carbonyl (C=O) groups excluding carboxylic acids is 1. The molecule has 0 aromatic heterocycles. The van der Waals surface area contributed by atoms with Crippen LogP contribution in [-0.4, -0.2) is 23.7 Å². The van der Waals surface area contributed by atoms with E-state index >= 15 is 0 Å². The van der Waals surface area contributed by atoms with E-state index in [9.17, 15) is 14.3 Å². The number of phenols is 1. The maximum absolute atomic E-state index is 13.1. The molecule has 1 rings (SSSR count). The normalized spacial score (nSPS) is 14.0. The summed E-state index contributed by atoms with van der Waals surface area (Å²) in [6.45, 7) is 5.44. The first-order valence-electron chi connectivity index (χ1n) is 5.86. The minimum absolute atomic E-state index is 0.00698. The number of carbonyl (C=O) groups is 1. The molecule has 0 aliphatic rings. The summed E-state index contributed by atoms with van der Waals surface area (Å²) < 4.78 is 18.0. The van der Waals surface area contributed by atoms with Crippen molar-refractivity contribution < 1.29 is 19.0 Å². The third-order valence-corrected chi connectivity index (χ3v) is 2.60. The van der Waals surface area contributed by atoms with Gasteiger partial charge in [0.25, 0.3) is 0 Å². The highest BCUT2D eigenvalue weighted by atomic mass is 19.1. The van der Waals surface area contributed by atoms with Crippen molar-refractivity contribution in [3.63, 3.8) is 0 Å². The number of nitrogens with one attached hydrogen (secondary N) is 1. The van der Waals surface area contributed by atoms with Crippen LogP contribution in [0.4, 0.5) is 4.39 Å². The Morgan fingerprint density at radius 2 is 2.17 bits per heavy atom. The zero-order chi connectivity index (χ0) is 13.7. The first-order valence-corrected chi connectivity index (χ1v) is 5.86. The van der Waals surface area contributed by atoms with E-state index in [0.717, 1.165) is 0 Å². The largest absolute Gasteiger partial charge is 0.508 e. The van der Waals surface area contributed by atoms with E-state index in [2.05, 4.69) is 5.32 Å². The van der Waals surface area contributed by atoms with Gasteiger partial charge in [-0.05, 0) is 39.0 Å². The van der Waals surface area contributed by atoms with E-state index in [-0.39, 0.29) is 17.8 Å². The molecule has 5 heteroatoms.